The zero-order valence-electron chi connectivity index (χ0n) is 15.3. The highest BCUT2D eigenvalue weighted by Gasteiger charge is 2.24. The molecule has 1 aliphatic heterocycles. The van der Waals surface area contributed by atoms with Crippen molar-refractivity contribution in [3.05, 3.63) is 54.6 Å². The van der Waals surface area contributed by atoms with Gasteiger partial charge in [-0.05, 0) is 43.3 Å². The topological polar surface area (TPSA) is 71.1 Å². The summed E-state index contributed by atoms with van der Waals surface area (Å²) in [5.41, 5.74) is 0.688. The van der Waals surface area contributed by atoms with Crippen LogP contribution >= 0.6 is 0 Å². The van der Waals surface area contributed by atoms with Crippen LogP contribution in [0.5, 0.6) is 11.5 Å². The van der Waals surface area contributed by atoms with Crippen LogP contribution in [0, 0.1) is 0 Å². The third-order valence-electron chi connectivity index (χ3n) is 4.18. The van der Waals surface area contributed by atoms with E-state index in [9.17, 15) is 9.59 Å². The van der Waals surface area contributed by atoms with Gasteiger partial charge in [-0.1, -0.05) is 18.2 Å². The van der Waals surface area contributed by atoms with Crippen LogP contribution in [0.15, 0.2) is 54.6 Å². The summed E-state index contributed by atoms with van der Waals surface area (Å²) in [4.78, 5) is 27.4. The monoisotopic (exact) mass is 369 g/mol. The lowest BCUT2D eigenvalue weighted by molar-refractivity contribution is 0.0868. The van der Waals surface area contributed by atoms with Gasteiger partial charge in [-0.15, -0.1) is 0 Å². The van der Waals surface area contributed by atoms with Crippen LogP contribution < -0.4 is 10.1 Å². The van der Waals surface area contributed by atoms with Crippen molar-refractivity contribution < 1.29 is 19.1 Å². The number of benzene rings is 2. The lowest BCUT2D eigenvalue weighted by atomic mass is 10.3. The predicted octanol–water partition coefficient (Wildman–Crippen LogP) is 3.78. The van der Waals surface area contributed by atoms with Crippen molar-refractivity contribution in [3.63, 3.8) is 0 Å². The molecule has 1 aliphatic rings. The van der Waals surface area contributed by atoms with Gasteiger partial charge in [-0.3, -0.25) is 0 Å². The average molecular weight is 369 g/mol. The van der Waals surface area contributed by atoms with Crippen LogP contribution in [0.3, 0.4) is 0 Å². The van der Waals surface area contributed by atoms with Gasteiger partial charge in [0, 0.05) is 31.9 Å². The maximum atomic E-state index is 12.4. The molecule has 7 heteroatoms. The lowest BCUT2D eigenvalue weighted by Gasteiger charge is -2.34. The Morgan fingerprint density at radius 2 is 1.48 bits per heavy atom. The van der Waals surface area contributed by atoms with E-state index >= 15 is 0 Å². The van der Waals surface area contributed by atoms with Crippen LogP contribution in [-0.2, 0) is 4.74 Å². The molecule has 142 valence electrons. The van der Waals surface area contributed by atoms with Crippen LogP contribution in [0.4, 0.5) is 15.3 Å². The van der Waals surface area contributed by atoms with Crippen molar-refractivity contribution in [1.29, 1.82) is 0 Å². The normalized spacial score (nSPS) is 13.8. The Morgan fingerprint density at radius 1 is 0.889 bits per heavy atom. The number of hydrogen-bond donors (Lipinski definition) is 1. The van der Waals surface area contributed by atoms with Crippen molar-refractivity contribution in [1.82, 2.24) is 9.80 Å². The van der Waals surface area contributed by atoms with Gasteiger partial charge in [0.05, 0.1) is 6.61 Å². The molecule has 0 aromatic heterocycles. The molecule has 0 unspecified atom stereocenters. The molecule has 7 nitrogen and oxygen atoms in total. The van der Waals surface area contributed by atoms with E-state index in [-0.39, 0.29) is 12.1 Å². The SMILES string of the molecule is CCOC(=O)N1CCN(C(=O)Nc2ccc(Oc3ccccc3)cc2)CC1. The largest absolute Gasteiger partial charge is 0.457 e. The number of piperazine rings is 1. The number of carbonyl (C=O) groups is 2. The second kappa shape index (κ2) is 8.93. The average Bonchev–Trinajstić information content (AvgIpc) is 2.70. The first-order chi connectivity index (χ1) is 13.2. The van der Waals surface area contributed by atoms with Gasteiger partial charge in [0.1, 0.15) is 11.5 Å². The third-order valence-corrected chi connectivity index (χ3v) is 4.18. The molecule has 1 heterocycles. The van der Waals surface area contributed by atoms with Gasteiger partial charge in [0.25, 0.3) is 0 Å². The third kappa shape index (κ3) is 5.13. The molecule has 3 rings (SSSR count). The summed E-state index contributed by atoms with van der Waals surface area (Å²) in [7, 11) is 0. The Labute approximate surface area is 158 Å². The summed E-state index contributed by atoms with van der Waals surface area (Å²) in [6.07, 6.45) is -0.327. The van der Waals surface area contributed by atoms with E-state index in [1.54, 1.807) is 41.0 Å². The first kappa shape index (κ1) is 18.6. The minimum Gasteiger partial charge on any atom is -0.457 e. The maximum absolute atomic E-state index is 12.4. The molecule has 0 saturated carbocycles. The number of carbonyl (C=O) groups excluding carboxylic acids is 2. The number of rotatable bonds is 4. The number of amides is 3. The minimum absolute atomic E-state index is 0.185. The van der Waals surface area contributed by atoms with Crippen molar-refractivity contribution in [2.24, 2.45) is 0 Å². The van der Waals surface area contributed by atoms with Gasteiger partial charge in [0.15, 0.2) is 0 Å². The number of nitrogens with zero attached hydrogens (tertiary/aromatic N) is 2. The summed E-state index contributed by atoms with van der Waals surface area (Å²) in [6.45, 7) is 4.01. The second-order valence-corrected chi connectivity index (χ2v) is 6.04. The molecule has 0 spiro atoms. The second-order valence-electron chi connectivity index (χ2n) is 6.04. The molecule has 0 radical (unpaired) electrons. The fraction of sp³-hybridized carbons (Fsp3) is 0.300. The smallest absolute Gasteiger partial charge is 0.409 e. The Kier molecular flexibility index (Phi) is 6.14. The summed E-state index contributed by atoms with van der Waals surface area (Å²) >= 11 is 0. The highest BCUT2D eigenvalue weighted by atomic mass is 16.6. The minimum atomic E-state index is -0.327. The fourth-order valence-corrected chi connectivity index (χ4v) is 2.74. The van der Waals surface area contributed by atoms with Crippen molar-refractivity contribution in [2.75, 3.05) is 38.1 Å². The quantitative estimate of drug-likeness (QED) is 0.890. The number of hydrogen-bond acceptors (Lipinski definition) is 4. The van der Waals surface area contributed by atoms with Gasteiger partial charge >= 0.3 is 12.1 Å². The number of anilines is 1. The van der Waals surface area contributed by atoms with Crippen molar-refractivity contribution in [3.8, 4) is 11.5 Å². The lowest BCUT2D eigenvalue weighted by Crippen LogP contribution is -2.51. The standard InChI is InChI=1S/C20H23N3O4/c1-2-26-20(25)23-14-12-22(13-15-23)19(24)21-16-8-10-18(11-9-16)27-17-6-4-3-5-7-17/h3-11H,2,12-15H2,1H3,(H,21,24). The molecule has 2 aromatic rings. The number of ether oxygens (including phenoxy) is 2. The van der Waals surface area contributed by atoms with Gasteiger partial charge < -0.3 is 24.6 Å². The summed E-state index contributed by atoms with van der Waals surface area (Å²) in [5, 5.41) is 2.87. The van der Waals surface area contributed by atoms with E-state index < -0.39 is 0 Å². The Hall–Kier alpha value is -3.22. The highest BCUT2D eigenvalue weighted by Crippen LogP contribution is 2.22. The molecule has 0 atom stereocenters. The van der Waals surface area contributed by atoms with E-state index in [4.69, 9.17) is 9.47 Å². The van der Waals surface area contributed by atoms with Gasteiger partial charge in [-0.25, -0.2) is 9.59 Å². The zero-order valence-corrected chi connectivity index (χ0v) is 15.3. The number of nitrogens with one attached hydrogen (secondary N) is 1. The molecular formula is C20H23N3O4. The summed E-state index contributed by atoms with van der Waals surface area (Å²) in [6, 6.07) is 16.5. The molecule has 1 N–H and O–H groups in total. The molecular weight excluding hydrogens is 346 g/mol. The Bertz CT molecular complexity index is 757. The molecule has 0 aliphatic carbocycles. The van der Waals surface area contributed by atoms with E-state index in [1.165, 1.54) is 0 Å². The molecule has 2 aromatic carbocycles. The van der Waals surface area contributed by atoms with E-state index in [0.29, 0.717) is 44.2 Å². The summed E-state index contributed by atoms with van der Waals surface area (Å²) < 4.78 is 10.7. The van der Waals surface area contributed by atoms with Crippen LogP contribution in [0.2, 0.25) is 0 Å². The molecule has 27 heavy (non-hydrogen) atoms. The van der Waals surface area contributed by atoms with Crippen molar-refractivity contribution in [2.45, 2.75) is 6.92 Å². The highest BCUT2D eigenvalue weighted by molar-refractivity contribution is 5.89. The molecule has 1 saturated heterocycles. The molecule has 1 fully saturated rings. The first-order valence-corrected chi connectivity index (χ1v) is 8.96. The van der Waals surface area contributed by atoms with E-state index in [1.807, 2.05) is 30.3 Å². The van der Waals surface area contributed by atoms with E-state index in [2.05, 4.69) is 5.32 Å². The van der Waals surface area contributed by atoms with Crippen LogP contribution in [-0.4, -0.2) is 54.7 Å². The van der Waals surface area contributed by atoms with Gasteiger partial charge in [0.2, 0.25) is 0 Å². The van der Waals surface area contributed by atoms with E-state index in [0.717, 1.165) is 5.75 Å². The predicted molar refractivity (Wildman–Crippen MR) is 102 cm³/mol. The number of para-hydroxylation sites is 1. The number of urea groups is 1. The van der Waals surface area contributed by atoms with Crippen LogP contribution in [0.25, 0.3) is 0 Å². The Balaban J connectivity index is 1.49. The summed E-state index contributed by atoms with van der Waals surface area (Å²) in [5.74, 6) is 1.45. The van der Waals surface area contributed by atoms with Gasteiger partial charge in [-0.2, -0.15) is 0 Å². The maximum Gasteiger partial charge on any atom is 0.409 e. The first-order valence-electron chi connectivity index (χ1n) is 8.96. The molecule has 0 bridgehead atoms. The van der Waals surface area contributed by atoms with Crippen LogP contribution in [0.1, 0.15) is 6.92 Å². The van der Waals surface area contributed by atoms with Crippen molar-refractivity contribution >= 4 is 17.8 Å². The zero-order chi connectivity index (χ0) is 19.1. The Morgan fingerprint density at radius 3 is 2.11 bits per heavy atom. The fourth-order valence-electron chi connectivity index (χ4n) is 2.74. The molecule has 3 amide bonds.